The maximum Gasteiger partial charge on any atom is 0.267 e. The number of halogens is 1. The van der Waals surface area contributed by atoms with Crippen LogP contribution in [0.15, 0.2) is 60.3 Å². The average molecular weight is 426 g/mol. The topological polar surface area (TPSA) is 101 Å². The second-order valence-corrected chi connectivity index (χ2v) is 6.64. The largest absolute Gasteiger partial charge is 0.497 e. The third-order valence-electron chi connectivity index (χ3n) is 4.23. The van der Waals surface area contributed by atoms with E-state index in [1.807, 2.05) is 6.07 Å². The lowest BCUT2D eigenvalue weighted by Crippen LogP contribution is -2.36. The molecule has 3 aromatic rings. The number of aliphatic hydroxyl groups excluding tert-OH is 1. The Morgan fingerprint density at radius 2 is 1.93 bits per heavy atom. The van der Waals surface area contributed by atoms with Crippen molar-refractivity contribution < 1.29 is 19.4 Å². The van der Waals surface area contributed by atoms with Gasteiger partial charge in [0.2, 0.25) is 0 Å². The van der Waals surface area contributed by atoms with Crippen LogP contribution in [-0.2, 0) is 4.79 Å². The Kier molecular flexibility index (Phi) is 7.00. The number of pyridine rings is 1. The Labute approximate surface area is 178 Å². The summed E-state index contributed by atoms with van der Waals surface area (Å²) in [5.41, 5.74) is 1.47. The summed E-state index contributed by atoms with van der Waals surface area (Å²) < 4.78 is 5.20. The summed E-state index contributed by atoms with van der Waals surface area (Å²) in [5.74, 6) is -0.358. The lowest BCUT2D eigenvalue weighted by atomic mass is 10.1. The smallest absolute Gasteiger partial charge is 0.267 e. The van der Waals surface area contributed by atoms with Crippen LogP contribution in [-0.4, -0.2) is 42.2 Å². The Morgan fingerprint density at radius 3 is 2.63 bits per heavy atom. The molecule has 0 radical (unpaired) electrons. The number of nitrogens with one attached hydrogen (secondary N) is 2. The number of hydrogen-bond donors (Lipinski definition) is 3. The van der Waals surface area contributed by atoms with Gasteiger partial charge in [-0.1, -0.05) is 29.8 Å². The van der Waals surface area contributed by atoms with Crippen LogP contribution < -0.4 is 15.4 Å². The van der Waals surface area contributed by atoms with E-state index in [9.17, 15) is 9.59 Å². The highest BCUT2D eigenvalue weighted by atomic mass is 35.5. The summed E-state index contributed by atoms with van der Waals surface area (Å²) in [6.07, 6.45) is 1.45. The van der Waals surface area contributed by atoms with E-state index < -0.39 is 11.8 Å². The van der Waals surface area contributed by atoms with E-state index in [2.05, 4.69) is 15.6 Å². The van der Waals surface area contributed by atoms with Crippen molar-refractivity contribution in [3.05, 3.63) is 76.6 Å². The van der Waals surface area contributed by atoms with Gasteiger partial charge in [0.25, 0.3) is 11.8 Å². The van der Waals surface area contributed by atoms with E-state index in [4.69, 9.17) is 21.4 Å². The van der Waals surface area contributed by atoms with Crippen molar-refractivity contribution >= 4 is 40.4 Å². The van der Waals surface area contributed by atoms with Crippen LogP contribution in [0.1, 0.15) is 15.9 Å². The van der Waals surface area contributed by atoms with E-state index in [1.54, 1.807) is 55.6 Å². The van der Waals surface area contributed by atoms with Gasteiger partial charge in [0.1, 0.15) is 16.6 Å². The minimum atomic E-state index is -0.556. The zero-order valence-corrected chi connectivity index (χ0v) is 16.9. The number of carbonyl (C=O) groups is 2. The van der Waals surface area contributed by atoms with Gasteiger partial charge < -0.3 is 20.5 Å². The number of nitrogens with zero attached hydrogens (tertiary/aromatic N) is 1. The third kappa shape index (κ3) is 5.14. The Bertz CT molecular complexity index is 1100. The van der Waals surface area contributed by atoms with Crippen molar-refractivity contribution in [3.8, 4) is 5.75 Å². The molecule has 30 heavy (non-hydrogen) atoms. The van der Waals surface area contributed by atoms with Gasteiger partial charge in [-0.3, -0.25) is 9.59 Å². The maximum atomic E-state index is 12.5. The van der Waals surface area contributed by atoms with Crippen LogP contribution in [0.5, 0.6) is 5.75 Å². The predicted molar refractivity (Wildman–Crippen MR) is 115 cm³/mol. The van der Waals surface area contributed by atoms with Crippen LogP contribution in [0.4, 0.5) is 0 Å². The quantitative estimate of drug-likeness (QED) is 0.399. The summed E-state index contributed by atoms with van der Waals surface area (Å²) in [4.78, 5) is 29.4. The number of aromatic nitrogens is 1. The molecular formula is C22H20ClN3O4. The standard InChI is InChI=1S/C22H20ClN3O4/c1-30-17-8-7-15-11-16(20(23)25-18(15)13-17)12-19(22(29)24-9-10-27)26-21(28)14-5-3-2-4-6-14/h2-8,11-13,27H,9-10H2,1H3,(H,24,29)(H,26,28)/b19-12-. The Morgan fingerprint density at radius 1 is 1.17 bits per heavy atom. The fraction of sp³-hybridized carbons (Fsp3) is 0.136. The maximum absolute atomic E-state index is 12.5. The molecule has 0 spiro atoms. The Hall–Kier alpha value is -3.42. The number of methoxy groups -OCH3 is 1. The van der Waals surface area contributed by atoms with Crippen LogP contribution in [0, 0.1) is 0 Å². The molecule has 0 bridgehead atoms. The highest BCUT2D eigenvalue weighted by molar-refractivity contribution is 6.31. The molecule has 0 unspecified atom stereocenters. The summed E-state index contributed by atoms with van der Waals surface area (Å²) in [6.45, 7) is -0.188. The number of rotatable bonds is 7. The lowest BCUT2D eigenvalue weighted by Gasteiger charge is -2.11. The summed E-state index contributed by atoms with van der Waals surface area (Å²) in [5, 5.41) is 15.1. The molecule has 0 aliphatic carbocycles. The Balaban J connectivity index is 1.98. The first kappa shape index (κ1) is 21.3. The van der Waals surface area contributed by atoms with Gasteiger partial charge in [-0.2, -0.15) is 0 Å². The zero-order valence-electron chi connectivity index (χ0n) is 16.2. The molecule has 0 aliphatic rings. The molecule has 154 valence electrons. The van der Waals surface area contributed by atoms with Gasteiger partial charge >= 0.3 is 0 Å². The van der Waals surface area contributed by atoms with Crippen LogP contribution in [0.25, 0.3) is 17.0 Å². The van der Waals surface area contributed by atoms with Gasteiger partial charge in [0, 0.05) is 29.1 Å². The minimum Gasteiger partial charge on any atom is -0.497 e. The van der Waals surface area contributed by atoms with Crippen molar-refractivity contribution in [3.63, 3.8) is 0 Å². The molecule has 0 saturated carbocycles. The van der Waals surface area contributed by atoms with Gasteiger partial charge in [-0.05, 0) is 36.4 Å². The summed E-state index contributed by atoms with van der Waals surface area (Å²) in [6, 6.07) is 15.6. The average Bonchev–Trinajstić information content (AvgIpc) is 2.77. The van der Waals surface area contributed by atoms with Gasteiger partial charge in [-0.15, -0.1) is 0 Å². The van der Waals surface area contributed by atoms with Crippen molar-refractivity contribution in [1.29, 1.82) is 0 Å². The number of carbonyl (C=O) groups excluding carboxylic acids is 2. The second kappa shape index (κ2) is 9.87. The van der Waals surface area contributed by atoms with E-state index in [1.165, 1.54) is 6.08 Å². The first-order valence-corrected chi connectivity index (χ1v) is 9.51. The molecule has 3 rings (SSSR count). The first-order valence-electron chi connectivity index (χ1n) is 9.13. The highest BCUT2D eigenvalue weighted by Gasteiger charge is 2.15. The third-order valence-corrected chi connectivity index (χ3v) is 4.53. The lowest BCUT2D eigenvalue weighted by molar-refractivity contribution is -0.117. The SMILES string of the molecule is COc1ccc2cc(/C=C(\NC(=O)c3ccccc3)C(=O)NCCO)c(Cl)nc2c1. The fourth-order valence-electron chi connectivity index (χ4n) is 2.73. The first-order chi connectivity index (χ1) is 14.5. The molecule has 1 heterocycles. The van der Waals surface area contributed by atoms with Crippen LogP contribution in [0.2, 0.25) is 5.15 Å². The molecule has 1 aromatic heterocycles. The van der Waals surface area contributed by atoms with Gasteiger partial charge in [0.05, 0.1) is 19.2 Å². The van der Waals surface area contributed by atoms with Crippen molar-refractivity contribution in [2.24, 2.45) is 0 Å². The molecule has 0 saturated heterocycles. The number of benzene rings is 2. The normalized spacial score (nSPS) is 11.2. The molecule has 2 aromatic carbocycles. The number of ether oxygens (including phenoxy) is 1. The molecular weight excluding hydrogens is 406 g/mol. The number of amides is 2. The number of fused-ring (bicyclic) bond motifs is 1. The van der Waals surface area contributed by atoms with Crippen LogP contribution in [0.3, 0.4) is 0 Å². The highest BCUT2D eigenvalue weighted by Crippen LogP contribution is 2.25. The van der Waals surface area contributed by atoms with Gasteiger partial charge in [-0.25, -0.2) is 4.98 Å². The van der Waals surface area contributed by atoms with E-state index in [0.29, 0.717) is 22.4 Å². The van der Waals surface area contributed by atoms with Gasteiger partial charge in [0.15, 0.2) is 0 Å². The number of hydrogen-bond acceptors (Lipinski definition) is 5. The van der Waals surface area contributed by atoms with Crippen LogP contribution >= 0.6 is 11.6 Å². The molecule has 0 atom stereocenters. The molecule has 7 nitrogen and oxygen atoms in total. The van der Waals surface area contributed by atoms with Crippen molar-refractivity contribution in [2.75, 3.05) is 20.3 Å². The molecule has 8 heteroatoms. The molecule has 2 amide bonds. The minimum absolute atomic E-state index is 0.0196. The summed E-state index contributed by atoms with van der Waals surface area (Å²) in [7, 11) is 1.56. The van der Waals surface area contributed by atoms with Crippen molar-refractivity contribution in [2.45, 2.75) is 0 Å². The number of aliphatic hydroxyl groups is 1. The second-order valence-electron chi connectivity index (χ2n) is 6.28. The van der Waals surface area contributed by atoms with Crippen molar-refractivity contribution in [1.82, 2.24) is 15.6 Å². The zero-order chi connectivity index (χ0) is 21.5. The van der Waals surface area contributed by atoms with E-state index >= 15 is 0 Å². The van der Waals surface area contributed by atoms with E-state index in [0.717, 1.165) is 5.39 Å². The van der Waals surface area contributed by atoms with E-state index in [-0.39, 0.29) is 24.0 Å². The summed E-state index contributed by atoms with van der Waals surface area (Å²) >= 11 is 6.32. The molecule has 3 N–H and O–H groups in total. The molecule has 0 aliphatic heterocycles. The predicted octanol–water partition coefficient (Wildman–Crippen LogP) is 2.78. The fourth-order valence-corrected chi connectivity index (χ4v) is 2.93. The monoisotopic (exact) mass is 425 g/mol. The molecule has 0 fully saturated rings.